The van der Waals surface area contributed by atoms with Gasteiger partial charge in [0.25, 0.3) is 5.70 Å². The van der Waals surface area contributed by atoms with Gasteiger partial charge in [0, 0.05) is 20.3 Å². The Hall–Kier alpha value is -3.04. The first-order chi connectivity index (χ1) is 11.6. The smallest absolute Gasteiger partial charge is 0.383 e. The van der Waals surface area contributed by atoms with Crippen LogP contribution in [0.4, 0.5) is 18.0 Å². The molecule has 7 nitrogen and oxygen atoms in total. The van der Waals surface area contributed by atoms with Crippen LogP contribution in [-0.4, -0.2) is 29.9 Å². The maximum absolute atomic E-state index is 13.2. The van der Waals surface area contributed by atoms with E-state index in [1.54, 1.807) is 19.0 Å². The van der Waals surface area contributed by atoms with Crippen molar-refractivity contribution in [3.05, 3.63) is 69.2 Å². The molecule has 2 amide bonds. The number of benzene rings is 1. The molecule has 0 aromatic heterocycles. The molecule has 1 aromatic carbocycles. The first-order valence-electron chi connectivity index (χ1n) is 7.08. The van der Waals surface area contributed by atoms with Gasteiger partial charge in [0.2, 0.25) is 0 Å². The third-order valence-corrected chi connectivity index (χ3v) is 3.39. The van der Waals surface area contributed by atoms with Gasteiger partial charge < -0.3 is 15.5 Å². The summed E-state index contributed by atoms with van der Waals surface area (Å²) >= 11 is 0. The van der Waals surface area contributed by atoms with Gasteiger partial charge in [-0.05, 0) is 17.7 Å². The van der Waals surface area contributed by atoms with Crippen molar-refractivity contribution < 1.29 is 22.9 Å². The summed E-state index contributed by atoms with van der Waals surface area (Å²) < 4.78 is 39.7. The normalized spacial score (nSPS) is 18.1. The minimum Gasteiger partial charge on any atom is -0.383 e. The average Bonchev–Trinajstić information content (AvgIpc) is 2.51. The van der Waals surface area contributed by atoms with Crippen LogP contribution in [0.1, 0.15) is 17.2 Å². The fourth-order valence-corrected chi connectivity index (χ4v) is 2.36. The summed E-state index contributed by atoms with van der Waals surface area (Å²) in [6.07, 6.45) is -2.01. The molecule has 1 aliphatic rings. The van der Waals surface area contributed by atoms with Gasteiger partial charge in [0.1, 0.15) is 11.7 Å². The molecule has 1 heterocycles. The van der Waals surface area contributed by atoms with Crippen molar-refractivity contribution in [2.45, 2.75) is 12.2 Å². The standard InChI is InChI=1S/C15H15F3N4O3/c1-21(2)8-7-11-13(22(24)25)12(20-14(23)19-11)9-5-3-4-6-10(9)15(16,17)18/h3-8,12H,1-2H3,(H2,19,20,23)/b8-7+. The van der Waals surface area contributed by atoms with Crippen LogP contribution in [0.2, 0.25) is 0 Å². The molecule has 134 valence electrons. The number of alkyl halides is 3. The monoisotopic (exact) mass is 356 g/mol. The second-order valence-electron chi connectivity index (χ2n) is 5.45. The zero-order valence-corrected chi connectivity index (χ0v) is 13.3. The van der Waals surface area contributed by atoms with E-state index < -0.39 is 40.0 Å². The second kappa shape index (κ2) is 6.83. The summed E-state index contributed by atoms with van der Waals surface area (Å²) in [7, 11) is 3.31. The van der Waals surface area contributed by atoms with E-state index >= 15 is 0 Å². The molecule has 1 aliphatic heterocycles. The number of urea groups is 1. The minimum absolute atomic E-state index is 0.176. The molecule has 0 fully saturated rings. The Morgan fingerprint density at radius 2 is 1.92 bits per heavy atom. The number of amides is 2. The Kier molecular flexibility index (Phi) is 5.00. The number of nitrogens with zero attached hydrogens (tertiary/aromatic N) is 2. The second-order valence-corrected chi connectivity index (χ2v) is 5.45. The number of nitrogens with one attached hydrogen (secondary N) is 2. The van der Waals surface area contributed by atoms with Crippen molar-refractivity contribution in [3.8, 4) is 0 Å². The molecule has 2 N–H and O–H groups in total. The van der Waals surface area contributed by atoms with E-state index in [1.165, 1.54) is 24.4 Å². The number of carbonyl (C=O) groups excluding carboxylic acids is 1. The zero-order chi connectivity index (χ0) is 18.8. The molecule has 0 bridgehead atoms. The van der Waals surface area contributed by atoms with Crippen LogP contribution in [0.3, 0.4) is 0 Å². The average molecular weight is 356 g/mol. The van der Waals surface area contributed by atoms with E-state index in [0.717, 1.165) is 12.1 Å². The molecular weight excluding hydrogens is 341 g/mol. The summed E-state index contributed by atoms with van der Waals surface area (Å²) in [6.45, 7) is 0. The highest BCUT2D eigenvalue weighted by molar-refractivity contribution is 5.79. The molecule has 0 radical (unpaired) electrons. The van der Waals surface area contributed by atoms with Gasteiger partial charge in [-0.2, -0.15) is 13.2 Å². The van der Waals surface area contributed by atoms with Crippen molar-refractivity contribution in [2.75, 3.05) is 14.1 Å². The van der Waals surface area contributed by atoms with Crippen molar-refractivity contribution in [1.29, 1.82) is 0 Å². The lowest BCUT2D eigenvalue weighted by atomic mass is 9.95. The van der Waals surface area contributed by atoms with E-state index in [9.17, 15) is 28.1 Å². The Morgan fingerprint density at radius 1 is 1.28 bits per heavy atom. The molecule has 1 unspecified atom stereocenters. The molecule has 10 heteroatoms. The van der Waals surface area contributed by atoms with E-state index in [0.29, 0.717) is 0 Å². The van der Waals surface area contributed by atoms with Crippen LogP contribution in [0.5, 0.6) is 0 Å². The maximum Gasteiger partial charge on any atom is 0.416 e. The summed E-state index contributed by atoms with van der Waals surface area (Å²) in [5.41, 5.74) is -2.19. The van der Waals surface area contributed by atoms with Gasteiger partial charge in [-0.25, -0.2) is 4.79 Å². The highest BCUT2D eigenvalue weighted by atomic mass is 19.4. The zero-order valence-electron chi connectivity index (χ0n) is 13.3. The van der Waals surface area contributed by atoms with Gasteiger partial charge in [-0.15, -0.1) is 0 Å². The topological polar surface area (TPSA) is 87.5 Å². The Balaban J connectivity index is 2.65. The van der Waals surface area contributed by atoms with E-state index in [-0.39, 0.29) is 5.70 Å². The lowest BCUT2D eigenvalue weighted by Gasteiger charge is -2.26. The number of nitro groups is 1. The molecule has 0 saturated heterocycles. The van der Waals surface area contributed by atoms with E-state index in [2.05, 4.69) is 10.6 Å². The number of hydrogen-bond acceptors (Lipinski definition) is 4. The van der Waals surface area contributed by atoms with Crippen LogP contribution in [-0.2, 0) is 6.18 Å². The van der Waals surface area contributed by atoms with Gasteiger partial charge in [0.05, 0.1) is 10.5 Å². The Bertz CT molecular complexity index is 757. The Labute approximate surface area is 141 Å². The summed E-state index contributed by atoms with van der Waals surface area (Å²) in [4.78, 5) is 24.1. The largest absolute Gasteiger partial charge is 0.416 e. The number of hydrogen-bond donors (Lipinski definition) is 2. The number of carbonyl (C=O) groups is 1. The highest BCUT2D eigenvalue weighted by Crippen LogP contribution is 2.38. The number of rotatable bonds is 4. The SMILES string of the molecule is CN(C)/C=C/C1=C([N+](=O)[O-])C(c2ccccc2C(F)(F)F)NC(=O)N1. The molecule has 0 aliphatic carbocycles. The maximum atomic E-state index is 13.2. The lowest BCUT2D eigenvalue weighted by molar-refractivity contribution is -0.432. The van der Waals surface area contributed by atoms with Crippen LogP contribution in [0.25, 0.3) is 0 Å². The van der Waals surface area contributed by atoms with Gasteiger partial charge >= 0.3 is 12.2 Å². The predicted molar refractivity (Wildman–Crippen MR) is 82.7 cm³/mol. The molecular formula is C15H15F3N4O3. The van der Waals surface area contributed by atoms with Gasteiger partial charge in [0.15, 0.2) is 0 Å². The minimum atomic E-state index is -4.71. The summed E-state index contributed by atoms with van der Waals surface area (Å²) in [5.74, 6) is 0. The van der Waals surface area contributed by atoms with E-state index in [1.807, 2.05) is 0 Å². The van der Waals surface area contributed by atoms with Crippen molar-refractivity contribution in [1.82, 2.24) is 15.5 Å². The van der Waals surface area contributed by atoms with Crippen LogP contribution < -0.4 is 10.6 Å². The summed E-state index contributed by atoms with van der Waals surface area (Å²) in [6, 6.07) is 2.06. The van der Waals surface area contributed by atoms with Crippen LogP contribution in [0.15, 0.2) is 47.9 Å². The molecule has 1 aromatic rings. The third-order valence-electron chi connectivity index (χ3n) is 3.39. The van der Waals surface area contributed by atoms with Crippen molar-refractivity contribution >= 4 is 6.03 Å². The first kappa shape index (κ1) is 18.3. The number of halogens is 3. The molecule has 2 rings (SSSR count). The van der Waals surface area contributed by atoms with Crippen molar-refractivity contribution in [2.24, 2.45) is 0 Å². The van der Waals surface area contributed by atoms with Crippen LogP contribution >= 0.6 is 0 Å². The predicted octanol–water partition coefficient (Wildman–Crippen LogP) is 2.62. The fourth-order valence-electron chi connectivity index (χ4n) is 2.36. The Morgan fingerprint density at radius 3 is 2.48 bits per heavy atom. The van der Waals surface area contributed by atoms with Crippen molar-refractivity contribution in [3.63, 3.8) is 0 Å². The third kappa shape index (κ3) is 4.08. The van der Waals surface area contributed by atoms with Gasteiger partial charge in [-0.3, -0.25) is 10.1 Å². The van der Waals surface area contributed by atoms with Gasteiger partial charge in [-0.1, -0.05) is 18.2 Å². The lowest BCUT2D eigenvalue weighted by Crippen LogP contribution is -2.45. The quantitative estimate of drug-likeness (QED) is 0.641. The first-order valence-corrected chi connectivity index (χ1v) is 7.08. The fraction of sp³-hybridized carbons (Fsp3) is 0.267. The summed E-state index contributed by atoms with van der Waals surface area (Å²) in [5, 5.41) is 15.9. The molecule has 0 spiro atoms. The van der Waals surface area contributed by atoms with E-state index in [4.69, 9.17) is 0 Å². The van der Waals surface area contributed by atoms with Crippen LogP contribution in [0, 0.1) is 10.1 Å². The molecule has 1 atom stereocenters. The molecule has 0 saturated carbocycles. The highest BCUT2D eigenvalue weighted by Gasteiger charge is 2.42. The molecule has 25 heavy (non-hydrogen) atoms. The number of allylic oxidation sites excluding steroid dienone is 1.